The molecule has 0 saturated heterocycles. The summed E-state index contributed by atoms with van der Waals surface area (Å²) < 4.78 is 6.90. The third kappa shape index (κ3) is 4.39. The summed E-state index contributed by atoms with van der Waals surface area (Å²) in [6.45, 7) is 10.6. The van der Waals surface area contributed by atoms with Gasteiger partial charge in [-0.1, -0.05) is 0 Å². The fourth-order valence-electron chi connectivity index (χ4n) is 3.32. The van der Waals surface area contributed by atoms with E-state index in [1.165, 1.54) is 11.3 Å². The van der Waals surface area contributed by atoms with Gasteiger partial charge in [-0.15, -0.1) is 23.7 Å². The van der Waals surface area contributed by atoms with Crippen molar-refractivity contribution in [3.8, 4) is 0 Å². The fourth-order valence-corrected chi connectivity index (χ4v) is 4.57. The quantitative estimate of drug-likeness (QED) is 0.714. The Labute approximate surface area is 175 Å². The van der Waals surface area contributed by atoms with Crippen molar-refractivity contribution in [2.45, 2.75) is 53.2 Å². The van der Waals surface area contributed by atoms with E-state index in [9.17, 15) is 9.59 Å². The highest BCUT2D eigenvalue weighted by molar-refractivity contribution is 7.17. The van der Waals surface area contributed by atoms with Crippen LogP contribution in [-0.4, -0.2) is 45.8 Å². The number of aromatic nitrogens is 2. The Morgan fingerprint density at radius 1 is 1.36 bits per heavy atom. The first-order chi connectivity index (χ1) is 13.0. The van der Waals surface area contributed by atoms with E-state index in [1.807, 2.05) is 6.92 Å². The molecule has 0 fully saturated rings. The monoisotopic (exact) mass is 426 g/mol. The third-order valence-corrected chi connectivity index (χ3v) is 5.90. The van der Waals surface area contributed by atoms with Crippen molar-refractivity contribution < 1.29 is 14.3 Å². The first-order valence-corrected chi connectivity index (χ1v) is 10.2. The zero-order chi connectivity index (χ0) is 19.6. The average molecular weight is 427 g/mol. The van der Waals surface area contributed by atoms with Crippen LogP contribution < -0.4 is 5.32 Å². The van der Waals surface area contributed by atoms with Crippen LogP contribution in [0.2, 0.25) is 0 Å². The number of thiophene rings is 1. The molecule has 0 unspecified atom stereocenters. The van der Waals surface area contributed by atoms with E-state index in [2.05, 4.69) is 29.2 Å². The van der Waals surface area contributed by atoms with Gasteiger partial charge in [0.1, 0.15) is 10.7 Å². The molecule has 2 aromatic heterocycles. The number of hydrogen-bond donors (Lipinski definition) is 1. The van der Waals surface area contributed by atoms with Crippen LogP contribution in [0.25, 0.3) is 0 Å². The number of carbonyl (C=O) groups excluding carboxylic acids is 2. The highest BCUT2D eigenvalue weighted by atomic mass is 35.5. The zero-order valence-corrected chi connectivity index (χ0v) is 18.3. The van der Waals surface area contributed by atoms with Crippen LogP contribution in [0.1, 0.15) is 59.0 Å². The van der Waals surface area contributed by atoms with Gasteiger partial charge in [0.25, 0.3) is 5.91 Å². The molecule has 0 atom stereocenters. The van der Waals surface area contributed by atoms with Gasteiger partial charge < -0.3 is 10.1 Å². The molecular formula is C19H27ClN4O3S. The van der Waals surface area contributed by atoms with Crippen LogP contribution in [-0.2, 0) is 24.2 Å². The van der Waals surface area contributed by atoms with Gasteiger partial charge in [0, 0.05) is 36.8 Å². The number of aryl methyl sites for hydroxylation is 1. The highest BCUT2D eigenvalue weighted by Crippen LogP contribution is 2.38. The normalized spacial score (nSPS) is 13.8. The van der Waals surface area contributed by atoms with Crippen LogP contribution in [0.15, 0.2) is 12.3 Å². The lowest BCUT2D eigenvalue weighted by atomic mass is 10.0. The smallest absolute Gasteiger partial charge is 0.341 e. The molecule has 2 aromatic rings. The molecule has 3 rings (SSSR count). The predicted molar refractivity (Wildman–Crippen MR) is 113 cm³/mol. The average Bonchev–Trinajstić information content (AvgIpc) is 3.25. The predicted octanol–water partition coefficient (Wildman–Crippen LogP) is 3.58. The Balaban J connectivity index is 0.00000280. The van der Waals surface area contributed by atoms with Crippen molar-refractivity contribution in [3.05, 3.63) is 34.0 Å². The van der Waals surface area contributed by atoms with Crippen molar-refractivity contribution in [2.75, 3.05) is 18.5 Å². The molecule has 0 radical (unpaired) electrons. The summed E-state index contributed by atoms with van der Waals surface area (Å²) in [6, 6.07) is 2.11. The second kappa shape index (κ2) is 9.54. The number of anilines is 1. The molecule has 1 amide bonds. The molecule has 0 aliphatic carbocycles. The fraction of sp³-hybridized carbons (Fsp3) is 0.526. The second-order valence-corrected chi connectivity index (χ2v) is 7.83. The Kier molecular flexibility index (Phi) is 7.63. The first-order valence-electron chi connectivity index (χ1n) is 9.35. The minimum atomic E-state index is -0.368. The van der Waals surface area contributed by atoms with Crippen molar-refractivity contribution >= 4 is 40.6 Å². The summed E-state index contributed by atoms with van der Waals surface area (Å²) in [7, 11) is 0. The Bertz CT molecular complexity index is 846. The number of hydrogen-bond acceptors (Lipinski definition) is 6. The van der Waals surface area contributed by atoms with E-state index in [-0.39, 0.29) is 24.3 Å². The molecule has 0 aromatic carbocycles. The van der Waals surface area contributed by atoms with E-state index in [0.717, 1.165) is 30.0 Å². The van der Waals surface area contributed by atoms with Crippen LogP contribution >= 0.6 is 23.7 Å². The lowest BCUT2D eigenvalue weighted by Gasteiger charge is -2.30. The molecule has 1 aliphatic rings. The molecule has 0 saturated carbocycles. The summed E-state index contributed by atoms with van der Waals surface area (Å²) in [5, 5.41) is 7.63. The number of rotatable bonds is 6. The summed E-state index contributed by atoms with van der Waals surface area (Å²) >= 11 is 1.47. The molecule has 0 spiro atoms. The van der Waals surface area contributed by atoms with Gasteiger partial charge in [-0.05, 0) is 45.7 Å². The summed E-state index contributed by atoms with van der Waals surface area (Å²) in [5.74, 6) is -0.633. The van der Waals surface area contributed by atoms with Gasteiger partial charge in [-0.2, -0.15) is 5.10 Å². The number of fused-ring (bicyclic) bond motifs is 1. The standard InChI is InChI=1S/C19H26N4O3S.ClH/c1-5-23-14(7-9-20-23)17(24)21-18-16(19(25)26-6-2)13-8-10-22(12(3)4)11-15(13)27-18;/h7,9,12H,5-6,8,10-11H2,1-4H3,(H,21,24);1H. The number of nitrogens with one attached hydrogen (secondary N) is 1. The number of ether oxygens (including phenoxy) is 1. The van der Waals surface area contributed by atoms with Gasteiger partial charge in [-0.3, -0.25) is 14.4 Å². The molecular weight excluding hydrogens is 400 g/mol. The third-order valence-electron chi connectivity index (χ3n) is 4.77. The van der Waals surface area contributed by atoms with Gasteiger partial charge in [0.05, 0.1) is 12.2 Å². The van der Waals surface area contributed by atoms with Crippen molar-refractivity contribution in [1.82, 2.24) is 14.7 Å². The highest BCUT2D eigenvalue weighted by Gasteiger charge is 2.30. The summed E-state index contributed by atoms with van der Waals surface area (Å²) in [4.78, 5) is 28.8. The molecule has 7 nitrogen and oxygen atoms in total. The maximum absolute atomic E-state index is 12.7. The number of halogens is 1. The minimum Gasteiger partial charge on any atom is -0.462 e. The zero-order valence-electron chi connectivity index (χ0n) is 16.7. The van der Waals surface area contributed by atoms with Crippen LogP contribution in [0, 0.1) is 0 Å². The van der Waals surface area contributed by atoms with E-state index in [1.54, 1.807) is 23.9 Å². The maximum Gasteiger partial charge on any atom is 0.341 e. The molecule has 3 heterocycles. The van der Waals surface area contributed by atoms with Crippen LogP contribution in [0.4, 0.5) is 5.00 Å². The molecule has 9 heteroatoms. The number of nitrogens with zero attached hydrogens (tertiary/aromatic N) is 3. The maximum atomic E-state index is 12.7. The largest absolute Gasteiger partial charge is 0.462 e. The van der Waals surface area contributed by atoms with Crippen LogP contribution in [0.3, 0.4) is 0 Å². The molecule has 0 bridgehead atoms. The molecule has 28 heavy (non-hydrogen) atoms. The first kappa shape index (κ1) is 22.4. The Hall–Kier alpha value is -1.90. The van der Waals surface area contributed by atoms with Gasteiger partial charge in [-0.25, -0.2) is 4.79 Å². The molecule has 1 aliphatic heterocycles. The molecule has 154 valence electrons. The van der Waals surface area contributed by atoms with E-state index < -0.39 is 0 Å². The van der Waals surface area contributed by atoms with Crippen molar-refractivity contribution in [1.29, 1.82) is 0 Å². The number of amides is 1. The van der Waals surface area contributed by atoms with E-state index in [4.69, 9.17) is 4.74 Å². The topological polar surface area (TPSA) is 76.5 Å². The van der Waals surface area contributed by atoms with Gasteiger partial charge in [0.2, 0.25) is 0 Å². The SMILES string of the molecule is CCOC(=O)c1c(NC(=O)c2ccnn2CC)sc2c1CCN(C(C)C)C2.Cl. The molecule has 1 N–H and O–H groups in total. The lowest BCUT2D eigenvalue weighted by Crippen LogP contribution is -2.35. The van der Waals surface area contributed by atoms with Gasteiger partial charge >= 0.3 is 5.97 Å². The Morgan fingerprint density at radius 2 is 2.11 bits per heavy atom. The number of carbonyl (C=O) groups is 2. The van der Waals surface area contributed by atoms with Gasteiger partial charge in [0.15, 0.2) is 0 Å². The summed E-state index contributed by atoms with van der Waals surface area (Å²) in [6.07, 6.45) is 2.38. The van der Waals surface area contributed by atoms with E-state index >= 15 is 0 Å². The number of esters is 1. The van der Waals surface area contributed by atoms with Crippen molar-refractivity contribution in [3.63, 3.8) is 0 Å². The van der Waals surface area contributed by atoms with E-state index in [0.29, 0.717) is 35.5 Å². The minimum absolute atomic E-state index is 0. The Morgan fingerprint density at radius 3 is 2.75 bits per heavy atom. The lowest BCUT2D eigenvalue weighted by molar-refractivity contribution is 0.0526. The summed E-state index contributed by atoms with van der Waals surface area (Å²) in [5.41, 5.74) is 1.99. The van der Waals surface area contributed by atoms with Crippen LogP contribution in [0.5, 0.6) is 0 Å². The second-order valence-electron chi connectivity index (χ2n) is 6.73. The van der Waals surface area contributed by atoms with Crippen molar-refractivity contribution in [2.24, 2.45) is 0 Å².